The van der Waals surface area contributed by atoms with Crippen LogP contribution in [0.4, 0.5) is 0 Å². The van der Waals surface area contributed by atoms with Crippen molar-refractivity contribution in [1.29, 1.82) is 0 Å². The van der Waals surface area contributed by atoms with Gasteiger partial charge in [0.05, 0.1) is 24.6 Å². The molecule has 0 saturated carbocycles. The van der Waals surface area contributed by atoms with Crippen molar-refractivity contribution in [3.05, 3.63) is 48.0 Å². The van der Waals surface area contributed by atoms with Crippen LogP contribution in [-0.4, -0.2) is 23.4 Å². The zero-order valence-electron chi connectivity index (χ0n) is 10.7. The minimum atomic E-state index is -0.330. The van der Waals surface area contributed by atoms with Crippen LogP contribution in [-0.2, 0) is 0 Å². The summed E-state index contributed by atoms with van der Waals surface area (Å²) in [6.45, 7) is 1.84. The predicted octanol–water partition coefficient (Wildman–Crippen LogP) is 2.44. The molecule has 0 saturated heterocycles. The van der Waals surface area contributed by atoms with Crippen LogP contribution < -0.4 is 9.47 Å². The average Bonchev–Trinajstić information content (AvgIpc) is 2.48. The maximum atomic E-state index is 11.0. The average molecular weight is 258 g/mol. The van der Waals surface area contributed by atoms with Crippen molar-refractivity contribution < 1.29 is 14.3 Å². The standard InChI is InChI=1S/C14H14N2O3/c1-10(12-8-15-6-7-16-12)19-14-11(9-17)4-3-5-13(14)18-2/h3-10H,1-2H3. The van der Waals surface area contributed by atoms with Crippen molar-refractivity contribution in [3.8, 4) is 11.5 Å². The Morgan fingerprint density at radius 1 is 1.32 bits per heavy atom. The molecule has 0 bridgehead atoms. The molecule has 0 aliphatic rings. The van der Waals surface area contributed by atoms with E-state index >= 15 is 0 Å². The first-order valence-corrected chi connectivity index (χ1v) is 5.81. The van der Waals surface area contributed by atoms with Crippen molar-refractivity contribution >= 4 is 6.29 Å². The Kier molecular flexibility index (Phi) is 4.07. The number of nitrogens with zero attached hydrogens (tertiary/aromatic N) is 2. The molecular formula is C14H14N2O3. The van der Waals surface area contributed by atoms with Crippen LogP contribution >= 0.6 is 0 Å². The normalized spacial score (nSPS) is 11.7. The molecule has 1 aromatic carbocycles. The maximum Gasteiger partial charge on any atom is 0.172 e. The number of benzene rings is 1. The van der Waals surface area contributed by atoms with Gasteiger partial charge < -0.3 is 9.47 Å². The molecule has 5 heteroatoms. The van der Waals surface area contributed by atoms with Gasteiger partial charge >= 0.3 is 0 Å². The summed E-state index contributed by atoms with van der Waals surface area (Å²) in [5.74, 6) is 0.929. The summed E-state index contributed by atoms with van der Waals surface area (Å²) in [7, 11) is 1.53. The van der Waals surface area contributed by atoms with Gasteiger partial charge in [0.2, 0.25) is 0 Å². The van der Waals surface area contributed by atoms with Gasteiger partial charge in [0.25, 0.3) is 0 Å². The van der Waals surface area contributed by atoms with E-state index in [1.165, 1.54) is 7.11 Å². The Balaban J connectivity index is 2.30. The van der Waals surface area contributed by atoms with Crippen LogP contribution in [0.1, 0.15) is 29.1 Å². The molecule has 19 heavy (non-hydrogen) atoms. The minimum absolute atomic E-state index is 0.330. The second-order valence-corrected chi connectivity index (χ2v) is 3.89. The lowest BCUT2D eigenvalue weighted by Gasteiger charge is -2.17. The molecular weight excluding hydrogens is 244 g/mol. The highest BCUT2D eigenvalue weighted by molar-refractivity contribution is 5.81. The topological polar surface area (TPSA) is 61.3 Å². The fourth-order valence-corrected chi connectivity index (χ4v) is 1.67. The molecule has 1 aromatic heterocycles. The SMILES string of the molecule is COc1cccc(C=O)c1OC(C)c1cnccn1. The van der Waals surface area contributed by atoms with Gasteiger partial charge in [-0.3, -0.25) is 14.8 Å². The van der Waals surface area contributed by atoms with Crippen LogP contribution in [0.3, 0.4) is 0 Å². The summed E-state index contributed by atoms with van der Waals surface area (Å²) in [4.78, 5) is 19.2. The van der Waals surface area contributed by atoms with Gasteiger partial charge in [-0.25, -0.2) is 0 Å². The van der Waals surface area contributed by atoms with Crippen molar-refractivity contribution in [2.24, 2.45) is 0 Å². The molecule has 0 amide bonds. The maximum absolute atomic E-state index is 11.0. The van der Waals surface area contributed by atoms with E-state index in [0.29, 0.717) is 22.8 Å². The Morgan fingerprint density at radius 3 is 2.79 bits per heavy atom. The van der Waals surface area contributed by atoms with Crippen LogP contribution in [0.2, 0.25) is 0 Å². The fraction of sp³-hybridized carbons (Fsp3) is 0.214. The zero-order chi connectivity index (χ0) is 13.7. The number of hydrogen-bond acceptors (Lipinski definition) is 5. The molecule has 0 fully saturated rings. The number of aldehydes is 1. The van der Waals surface area contributed by atoms with Crippen molar-refractivity contribution in [2.45, 2.75) is 13.0 Å². The molecule has 2 aromatic rings. The Labute approximate surface area is 111 Å². The number of methoxy groups -OCH3 is 1. The second kappa shape index (κ2) is 5.95. The molecule has 0 N–H and O–H groups in total. The van der Waals surface area contributed by atoms with Crippen LogP contribution in [0.5, 0.6) is 11.5 Å². The number of hydrogen-bond donors (Lipinski definition) is 0. The number of para-hydroxylation sites is 1. The third kappa shape index (κ3) is 2.88. The van der Waals surface area contributed by atoms with Crippen molar-refractivity contribution in [1.82, 2.24) is 9.97 Å². The first-order valence-electron chi connectivity index (χ1n) is 5.81. The Hall–Kier alpha value is -2.43. The first kappa shape index (κ1) is 13.0. The van der Waals surface area contributed by atoms with Crippen LogP contribution in [0.15, 0.2) is 36.8 Å². The van der Waals surface area contributed by atoms with Gasteiger partial charge in [-0.15, -0.1) is 0 Å². The Bertz CT molecular complexity index is 558. The van der Waals surface area contributed by atoms with Gasteiger partial charge in [-0.2, -0.15) is 0 Å². The lowest BCUT2D eigenvalue weighted by Crippen LogP contribution is -2.08. The summed E-state index contributed by atoms with van der Waals surface area (Å²) in [5.41, 5.74) is 1.13. The van der Waals surface area contributed by atoms with E-state index in [2.05, 4.69) is 9.97 Å². The van der Waals surface area contributed by atoms with E-state index in [1.807, 2.05) is 6.92 Å². The van der Waals surface area contributed by atoms with E-state index in [4.69, 9.17) is 9.47 Å². The molecule has 5 nitrogen and oxygen atoms in total. The molecule has 1 atom stereocenters. The zero-order valence-corrected chi connectivity index (χ0v) is 10.7. The molecule has 1 unspecified atom stereocenters. The lowest BCUT2D eigenvalue weighted by atomic mass is 10.2. The molecule has 0 aliphatic carbocycles. The van der Waals surface area contributed by atoms with E-state index in [0.717, 1.165) is 6.29 Å². The lowest BCUT2D eigenvalue weighted by molar-refractivity contribution is 0.111. The summed E-state index contributed by atoms with van der Waals surface area (Å²) in [5, 5.41) is 0. The number of carbonyl (C=O) groups excluding carboxylic acids is 1. The third-order valence-electron chi connectivity index (χ3n) is 2.65. The Morgan fingerprint density at radius 2 is 2.16 bits per heavy atom. The van der Waals surface area contributed by atoms with Crippen molar-refractivity contribution in [3.63, 3.8) is 0 Å². The quantitative estimate of drug-likeness (QED) is 0.771. The van der Waals surface area contributed by atoms with Gasteiger partial charge in [-0.05, 0) is 19.1 Å². The number of rotatable bonds is 5. The van der Waals surface area contributed by atoms with E-state index in [1.54, 1.807) is 36.8 Å². The fourth-order valence-electron chi connectivity index (χ4n) is 1.67. The number of aromatic nitrogens is 2. The van der Waals surface area contributed by atoms with E-state index in [-0.39, 0.29) is 6.10 Å². The number of carbonyl (C=O) groups is 1. The molecule has 0 aliphatic heterocycles. The molecule has 98 valence electrons. The van der Waals surface area contributed by atoms with Gasteiger partial charge in [0.15, 0.2) is 17.8 Å². The van der Waals surface area contributed by atoms with Gasteiger partial charge in [-0.1, -0.05) is 6.07 Å². The van der Waals surface area contributed by atoms with Crippen LogP contribution in [0.25, 0.3) is 0 Å². The highest BCUT2D eigenvalue weighted by atomic mass is 16.5. The van der Waals surface area contributed by atoms with Crippen molar-refractivity contribution in [2.75, 3.05) is 7.11 Å². The van der Waals surface area contributed by atoms with Gasteiger partial charge in [0.1, 0.15) is 6.10 Å². The third-order valence-corrected chi connectivity index (χ3v) is 2.65. The molecule has 0 spiro atoms. The smallest absolute Gasteiger partial charge is 0.172 e. The minimum Gasteiger partial charge on any atom is -0.493 e. The van der Waals surface area contributed by atoms with E-state index in [9.17, 15) is 4.79 Å². The summed E-state index contributed by atoms with van der Waals surface area (Å²) >= 11 is 0. The predicted molar refractivity (Wildman–Crippen MR) is 69.5 cm³/mol. The summed E-state index contributed by atoms with van der Waals surface area (Å²) in [6, 6.07) is 5.16. The number of ether oxygens (including phenoxy) is 2. The monoisotopic (exact) mass is 258 g/mol. The highest BCUT2D eigenvalue weighted by Gasteiger charge is 2.15. The van der Waals surface area contributed by atoms with Gasteiger partial charge in [0, 0.05) is 12.4 Å². The first-order chi connectivity index (χ1) is 9.26. The molecule has 0 radical (unpaired) electrons. The molecule has 2 rings (SSSR count). The summed E-state index contributed by atoms with van der Waals surface area (Å²) < 4.78 is 11.0. The second-order valence-electron chi connectivity index (χ2n) is 3.89. The largest absolute Gasteiger partial charge is 0.493 e. The molecule has 1 heterocycles. The highest BCUT2D eigenvalue weighted by Crippen LogP contribution is 2.33. The van der Waals surface area contributed by atoms with E-state index < -0.39 is 0 Å². The van der Waals surface area contributed by atoms with Crippen LogP contribution in [0, 0.1) is 0 Å². The summed E-state index contributed by atoms with van der Waals surface area (Å²) in [6.07, 6.45) is 5.22.